The average molecular weight is 363 g/mol. The smallest absolute Gasteiger partial charge is 0.219 e. The van der Waals surface area contributed by atoms with Gasteiger partial charge < -0.3 is 10.1 Å². The molecule has 1 N–H and O–H groups in total. The maximum Gasteiger partial charge on any atom is 0.219 e. The van der Waals surface area contributed by atoms with Gasteiger partial charge in [0.1, 0.15) is 5.75 Å². The molecule has 1 aliphatic rings. The number of rotatable bonds is 4. The molecule has 3 aromatic rings. The Bertz CT molecular complexity index is 923. The highest BCUT2D eigenvalue weighted by Crippen LogP contribution is 2.31. The van der Waals surface area contributed by atoms with Gasteiger partial charge >= 0.3 is 0 Å². The minimum atomic E-state index is 0.374. The van der Waals surface area contributed by atoms with Crippen molar-refractivity contribution >= 4 is 0 Å². The molecule has 0 bridgehead atoms. The molecule has 0 spiro atoms. The van der Waals surface area contributed by atoms with Crippen LogP contribution in [0.2, 0.25) is 0 Å². The Labute approximate surface area is 159 Å². The van der Waals surface area contributed by atoms with Crippen molar-refractivity contribution in [2.45, 2.75) is 39.7 Å². The van der Waals surface area contributed by atoms with Gasteiger partial charge in [0.2, 0.25) is 5.88 Å². The number of pyridine rings is 1. The van der Waals surface area contributed by atoms with Gasteiger partial charge in [-0.1, -0.05) is 11.3 Å². The molecule has 6 heteroatoms. The van der Waals surface area contributed by atoms with Crippen LogP contribution in [-0.4, -0.2) is 33.1 Å². The molecule has 0 atom stereocenters. The van der Waals surface area contributed by atoms with Crippen molar-refractivity contribution in [3.05, 3.63) is 53.3 Å². The molecule has 3 heterocycles. The zero-order valence-corrected chi connectivity index (χ0v) is 16.1. The van der Waals surface area contributed by atoms with E-state index >= 15 is 0 Å². The molecule has 1 aromatic carbocycles. The van der Waals surface area contributed by atoms with Gasteiger partial charge in [0.25, 0.3) is 0 Å². The summed E-state index contributed by atoms with van der Waals surface area (Å²) >= 11 is 0. The Kier molecular flexibility index (Phi) is 4.90. The highest BCUT2D eigenvalue weighted by atomic mass is 16.5. The third kappa shape index (κ3) is 3.85. The SMILES string of the molecule is Cc1cc(C)cc(Oc2cc(-c3c(C)nnn3C3CCNCC3)ccn2)c1. The first-order valence-electron chi connectivity index (χ1n) is 9.45. The van der Waals surface area contributed by atoms with E-state index in [2.05, 4.69) is 45.2 Å². The summed E-state index contributed by atoms with van der Waals surface area (Å²) in [5, 5.41) is 12.2. The predicted molar refractivity (Wildman–Crippen MR) is 105 cm³/mol. The third-order valence-corrected chi connectivity index (χ3v) is 4.94. The van der Waals surface area contributed by atoms with Crippen LogP contribution in [-0.2, 0) is 0 Å². The molecule has 0 aliphatic carbocycles. The Balaban J connectivity index is 1.66. The van der Waals surface area contributed by atoms with Gasteiger partial charge in [0.15, 0.2) is 0 Å². The lowest BCUT2D eigenvalue weighted by Crippen LogP contribution is -2.30. The highest BCUT2D eigenvalue weighted by molar-refractivity contribution is 5.62. The molecule has 1 aliphatic heterocycles. The number of hydrogen-bond acceptors (Lipinski definition) is 5. The first-order chi connectivity index (χ1) is 13.1. The Hall–Kier alpha value is -2.73. The minimum Gasteiger partial charge on any atom is -0.439 e. The summed E-state index contributed by atoms with van der Waals surface area (Å²) < 4.78 is 8.11. The monoisotopic (exact) mass is 363 g/mol. The zero-order valence-electron chi connectivity index (χ0n) is 16.1. The lowest BCUT2D eigenvalue weighted by Gasteiger charge is -2.24. The van der Waals surface area contributed by atoms with Crippen LogP contribution >= 0.6 is 0 Å². The van der Waals surface area contributed by atoms with Gasteiger partial charge in [-0.3, -0.25) is 0 Å². The van der Waals surface area contributed by atoms with E-state index in [0.717, 1.165) is 48.6 Å². The van der Waals surface area contributed by atoms with Crippen LogP contribution in [0.15, 0.2) is 36.5 Å². The fourth-order valence-corrected chi connectivity index (χ4v) is 3.75. The van der Waals surface area contributed by atoms with Crippen molar-refractivity contribution in [1.29, 1.82) is 0 Å². The van der Waals surface area contributed by atoms with Crippen LogP contribution < -0.4 is 10.1 Å². The summed E-state index contributed by atoms with van der Waals surface area (Å²) in [6, 6.07) is 10.5. The second-order valence-electron chi connectivity index (χ2n) is 7.26. The predicted octanol–water partition coefficient (Wildman–Crippen LogP) is 3.98. The lowest BCUT2D eigenvalue weighted by atomic mass is 10.1. The van der Waals surface area contributed by atoms with Crippen LogP contribution in [0.25, 0.3) is 11.3 Å². The minimum absolute atomic E-state index is 0.374. The number of aryl methyl sites for hydroxylation is 3. The van der Waals surface area contributed by atoms with Gasteiger partial charge in [-0.2, -0.15) is 0 Å². The van der Waals surface area contributed by atoms with Crippen molar-refractivity contribution in [3.63, 3.8) is 0 Å². The first kappa shape index (κ1) is 17.7. The molecule has 2 aromatic heterocycles. The number of nitrogens with zero attached hydrogens (tertiary/aromatic N) is 4. The van der Waals surface area contributed by atoms with Crippen LogP contribution in [0, 0.1) is 20.8 Å². The number of piperidine rings is 1. The summed E-state index contributed by atoms with van der Waals surface area (Å²) in [6.07, 6.45) is 3.91. The van der Waals surface area contributed by atoms with E-state index in [1.54, 1.807) is 6.20 Å². The van der Waals surface area contributed by atoms with Crippen LogP contribution in [0.1, 0.15) is 35.7 Å². The summed E-state index contributed by atoms with van der Waals surface area (Å²) in [5.41, 5.74) is 5.35. The molecule has 0 unspecified atom stereocenters. The first-order valence-corrected chi connectivity index (χ1v) is 9.45. The largest absolute Gasteiger partial charge is 0.439 e. The third-order valence-electron chi connectivity index (χ3n) is 4.94. The molecular formula is C21H25N5O. The summed E-state index contributed by atoms with van der Waals surface area (Å²) in [6.45, 7) is 8.16. The molecule has 0 radical (unpaired) electrons. The quantitative estimate of drug-likeness (QED) is 0.759. The Morgan fingerprint density at radius 3 is 2.52 bits per heavy atom. The molecule has 0 amide bonds. The van der Waals surface area contributed by atoms with Gasteiger partial charge in [-0.05, 0) is 76.0 Å². The van der Waals surface area contributed by atoms with E-state index in [-0.39, 0.29) is 0 Å². The molecule has 4 rings (SSSR count). The standard InChI is InChI=1S/C21H25N5O/c1-14-10-15(2)12-19(11-14)27-20-13-17(4-9-23-20)21-16(3)24-25-26(21)18-5-7-22-8-6-18/h4,9-13,18,22H,5-8H2,1-3H3. The zero-order chi connectivity index (χ0) is 18.8. The Morgan fingerprint density at radius 2 is 1.78 bits per heavy atom. The molecular weight excluding hydrogens is 338 g/mol. The second kappa shape index (κ2) is 7.48. The fraction of sp³-hybridized carbons (Fsp3) is 0.381. The summed E-state index contributed by atoms with van der Waals surface area (Å²) in [4.78, 5) is 4.39. The van der Waals surface area contributed by atoms with E-state index < -0.39 is 0 Å². The van der Waals surface area contributed by atoms with E-state index in [4.69, 9.17) is 4.74 Å². The van der Waals surface area contributed by atoms with E-state index in [1.807, 2.05) is 31.2 Å². The van der Waals surface area contributed by atoms with Gasteiger partial charge in [0.05, 0.1) is 17.4 Å². The Morgan fingerprint density at radius 1 is 1.04 bits per heavy atom. The maximum absolute atomic E-state index is 6.03. The van der Waals surface area contributed by atoms with E-state index in [1.165, 1.54) is 11.1 Å². The maximum atomic E-state index is 6.03. The number of nitrogens with one attached hydrogen (secondary N) is 1. The van der Waals surface area contributed by atoms with Crippen molar-refractivity contribution in [2.24, 2.45) is 0 Å². The normalized spacial score (nSPS) is 15.1. The van der Waals surface area contributed by atoms with Crippen molar-refractivity contribution < 1.29 is 4.74 Å². The topological polar surface area (TPSA) is 64.9 Å². The van der Waals surface area contributed by atoms with Crippen LogP contribution in [0.5, 0.6) is 11.6 Å². The molecule has 6 nitrogen and oxygen atoms in total. The lowest BCUT2D eigenvalue weighted by molar-refractivity contribution is 0.340. The van der Waals surface area contributed by atoms with Crippen molar-refractivity contribution in [1.82, 2.24) is 25.3 Å². The van der Waals surface area contributed by atoms with Gasteiger partial charge in [-0.15, -0.1) is 5.10 Å². The number of aromatic nitrogens is 4. The van der Waals surface area contributed by atoms with Crippen LogP contribution in [0.4, 0.5) is 0 Å². The fourth-order valence-electron chi connectivity index (χ4n) is 3.75. The van der Waals surface area contributed by atoms with Crippen molar-refractivity contribution in [2.75, 3.05) is 13.1 Å². The average Bonchev–Trinajstić information content (AvgIpc) is 3.03. The van der Waals surface area contributed by atoms with Gasteiger partial charge in [-0.25, -0.2) is 9.67 Å². The summed E-state index contributed by atoms with van der Waals surface area (Å²) in [5.74, 6) is 1.38. The molecule has 0 saturated carbocycles. The molecule has 140 valence electrons. The van der Waals surface area contributed by atoms with Crippen LogP contribution in [0.3, 0.4) is 0 Å². The molecule has 27 heavy (non-hydrogen) atoms. The summed E-state index contributed by atoms with van der Waals surface area (Å²) in [7, 11) is 0. The van der Waals surface area contributed by atoms with Crippen molar-refractivity contribution in [3.8, 4) is 22.9 Å². The number of benzene rings is 1. The molecule has 1 fully saturated rings. The molecule has 1 saturated heterocycles. The second-order valence-corrected chi connectivity index (χ2v) is 7.26. The van der Waals surface area contributed by atoms with Gasteiger partial charge in [0, 0.05) is 17.8 Å². The highest BCUT2D eigenvalue weighted by Gasteiger charge is 2.22. The number of hydrogen-bond donors (Lipinski definition) is 1. The number of ether oxygens (including phenoxy) is 1. The van der Waals surface area contributed by atoms with E-state index in [0.29, 0.717) is 11.9 Å². The van der Waals surface area contributed by atoms with E-state index in [9.17, 15) is 0 Å².